The second kappa shape index (κ2) is 5.87. The molecule has 2 atom stereocenters. The molecule has 2 rings (SSSR count). The van der Waals surface area contributed by atoms with Crippen LogP contribution in [0.3, 0.4) is 0 Å². The number of rotatable bonds is 3. The van der Waals surface area contributed by atoms with Crippen LogP contribution in [0.15, 0.2) is 12.4 Å². The number of hydrogen-bond donors (Lipinski definition) is 1. The second-order valence-electron chi connectivity index (χ2n) is 5.88. The molecule has 0 spiro atoms. The first-order valence-corrected chi connectivity index (χ1v) is 7.14. The number of hydrogen-bond acceptors (Lipinski definition) is 4. The van der Waals surface area contributed by atoms with Crippen LogP contribution in [-0.2, 0) is 5.60 Å². The van der Waals surface area contributed by atoms with Crippen LogP contribution in [0.1, 0.15) is 51.6 Å². The lowest BCUT2D eigenvalue weighted by molar-refractivity contribution is 0.0119. The molecule has 0 bridgehead atoms. The maximum atomic E-state index is 11.0. The largest absolute Gasteiger partial charge is 0.480 e. The van der Waals surface area contributed by atoms with E-state index in [0.717, 1.165) is 25.7 Å². The van der Waals surface area contributed by atoms with E-state index in [1.807, 2.05) is 0 Å². The van der Waals surface area contributed by atoms with Gasteiger partial charge in [0.05, 0.1) is 7.11 Å². The fraction of sp³-hybridized carbons (Fsp3) is 0.733. The quantitative estimate of drug-likeness (QED) is 0.853. The van der Waals surface area contributed by atoms with Gasteiger partial charge in [0.2, 0.25) is 5.88 Å². The zero-order chi connectivity index (χ0) is 13.9. The smallest absolute Gasteiger partial charge is 0.238 e. The van der Waals surface area contributed by atoms with E-state index in [2.05, 4.69) is 23.8 Å². The lowest BCUT2D eigenvalue weighted by Gasteiger charge is -2.27. The standard InChI is InChI=1S/C15H24N2O2/c1-11(2)12-5-4-7-15(18,8-6-12)13-14(19-3)17-10-9-16-13/h9-12,18H,4-8H2,1-3H3. The lowest BCUT2D eigenvalue weighted by Crippen LogP contribution is -2.27. The molecule has 0 amide bonds. The second-order valence-corrected chi connectivity index (χ2v) is 5.88. The number of ether oxygens (including phenoxy) is 1. The minimum Gasteiger partial charge on any atom is -0.480 e. The Morgan fingerprint density at radius 1 is 1.26 bits per heavy atom. The molecule has 1 saturated carbocycles. The first kappa shape index (κ1) is 14.3. The maximum absolute atomic E-state index is 11.0. The van der Waals surface area contributed by atoms with Crippen molar-refractivity contribution >= 4 is 0 Å². The summed E-state index contributed by atoms with van der Waals surface area (Å²) in [6.07, 6.45) is 7.95. The molecule has 1 heterocycles. The van der Waals surface area contributed by atoms with E-state index in [1.165, 1.54) is 6.42 Å². The molecule has 0 aliphatic heterocycles. The van der Waals surface area contributed by atoms with E-state index in [0.29, 0.717) is 23.4 Å². The molecule has 1 fully saturated rings. The summed E-state index contributed by atoms with van der Waals surface area (Å²) in [5, 5.41) is 11.0. The van der Waals surface area contributed by atoms with E-state index in [9.17, 15) is 5.11 Å². The predicted octanol–water partition coefficient (Wildman–Crippen LogP) is 2.91. The highest BCUT2D eigenvalue weighted by molar-refractivity contribution is 5.24. The van der Waals surface area contributed by atoms with E-state index in [4.69, 9.17) is 4.74 Å². The summed E-state index contributed by atoms with van der Waals surface area (Å²) < 4.78 is 5.25. The number of aliphatic hydroxyl groups is 1. The molecule has 2 unspecified atom stereocenters. The minimum atomic E-state index is -0.886. The molecule has 19 heavy (non-hydrogen) atoms. The van der Waals surface area contributed by atoms with Crippen LogP contribution in [0.2, 0.25) is 0 Å². The molecule has 4 heteroatoms. The van der Waals surface area contributed by atoms with Crippen molar-refractivity contribution in [3.63, 3.8) is 0 Å². The first-order valence-electron chi connectivity index (χ1n) is 7.14. The highest BCUT2D eigenvalue weighted by Gasteiger charge is 2.37. The molecule has 0 saturated heterocycles. The van der Waals surface area contributed by atoms with E-state index in [1.54, 1.807) is 19.5 Å². The fourth-order valence-corrected chi connectivity index (χ4v) is 3.05. The number of aromatic nitrogens is 2. The van der Waals surface area contributed by atoms with Crippen molar-refractivity contribution < 1.29 is 9.84 Å². The molecule has 1 aromatic heterocycles. The summed E-state index contributed by atoms with van der Waals surface area (Å²) in [5.74, 6) is 1.82. The Morgan fingerprint density at radius 3 is 2.68 bits per heavy atom. The molecular formula is C15H24N2O2. The molecule has 1 aliphatic carbocycles. The van der Waals surface area contributed by atoms with Crippen LogP contribution in [0.25, 0.3) is 0 Å². The Balaban J connectivity index is 2.22. The average molecular weight is 264 g/mol. The summed E-state index contributed by atoms with van der Waals surface area (Å²) in [6.45, 7) is 4.52. The Morgan fingerprint density at radius 2 is 2.00 bits per heavy atom. The summed E-state index contributed by atoms with van der Waals surface area (Å²) in [4.78, 5) is 8.48. The third kappa shape index (κ3) is 3.06. The Hall–Kier alpha value is -1.16. The third-order valence-electron chi connectivity index (χ3n) is 4.34. The molecule has 1 aliphatic rings. The summed E-state index contributed by atoms with van der Waals surface area (Å²) >= 11 is 0. The van der Waals surface area contributed by atoms with Crippen LogP contribution < -0.4 is 4.74 Å². The van der Waals surface area contributed by atoms with Gasteiger partial charge >= 0.3 is 0 Å². The first-order chi connectivity index (χ1) is 9.07. The lowest BCUT2D eigenvalue weighted by atomic mass is 9.87. The van der Waals surface area contributed by atoms with Crippen LogP contribution >= 0.6 is 0 Å². The summed E-state index contributed by atoms with van der Waals surface area (Å²) in [5.41, 5.74) is -0.287. The van der Waals surface area contributed by atoms with Gasteiger partial charge in [-0.05, 0) is 37.5 Å². The Bertz CT molecular complexity index is 422. The van der Waals surface area contributed by atoms with E-state index >= 15 is 0 Å². The van der Waals surface area contributed by atoms with Gasteiger partial charge in [-0.2, -0.15) is 0 Å². The molecule has 1 aromatic rings. The maximum Gasteiger partial charge on any atom is 0.238 e. The van der Waals surface area contributed by atoms with Crippen molar-refractivity contribution in [3.05, 3.63) is 18.1 Å². The topological polar surface area (TPSA) is 55.2 Å². The van der Waals surface area contributed by atoms with Crippen LogP contribution in [-0.4, -0.2) is 22.2 Å². The summed E-state index contributed by atoms with van der Waals surface area (Å²) in [7, 11) is 1.57. The van der Waals surface area contributed by atoms with Gasteiger partial charge in [0, 0.05) is 12.4 Å². The molecule has 0 aromatic carbocycles. The van der Waals surface area contributed by atoms with Crippen molar-refractivity contribution in [1.82, 2.24) is 9.97 Å². The van der Waals surface area contributed by atoms with Crippen molar-refractivity contribution in [2.75, 3.05) is 7.11 Å². The van der Waals surface area contributed by atoms with Gasteiger partial charge in [0.25, 0.3) is 0 Å². The van der Waals surface area contributed by atoms with Gasteiger partial charge in [-0.1, -0.05) is 20.3 Å². The number of nitrogens with zero attached hydrogens (tertiary/aromatic N) is 2. The molecular weight excluding hydrogens is 240 g/mol. The van der Waals surface area contributed by atoms with Gasteiger partial charge in [-0.25, -0.2) is 4.98 Å². The van der Waals surface area contributed by atoms with Gasteiger partial charge in [0.1, 0.15) is 11.3 Å². The van der Waals surface area contributed by atoms with E-state index < -0.39 is 5.60 Å². The summed E-state index contributed by atoms with van der Waals surface area (Å²) in [6, 6.07) is 0. The Labute approximate surface area is 115 Å². The van der Waals surface area contributed by atoms with Gasteiger partial charge in [0.15, 0.2) is 0 Å². The zero-order valence-electron chi connectivity index (χ0n) is 12.1. The van der Waals surface area contributed by atoms with Gasteiger partial charge < -0.3 is 9.84 Å². The Kier molecular flexibility index (Phi) is 4.40. The highest BCUT2D eigenvalue weighted by Crippen LogP contribution is 2.41. The van der Waals surface area contributed by atoms with Crippen molar-refractivity contribution in [1.29, 1.82) is 0 Å². The zero-order valence-corrected chi connectivity index (χ0v) is 12.1. The molecule has 106 valence electrons. The van der Waals surface area contributed by atoms with Crippen molar-refractivity contribution in [3.8, 4) is 5.88 Å². The third-order valence-corrected chi connectivity index (χ3v) is 4.34. The number of methoxy groups -OCH3 is 1. The van der Waals surface area contributed by atoms with Crippen molar-refractivity contribution in [2.45, 2.75) is 51.6 Å². The van der Waals surface area contributed by atoms with Gasteiger partial charge in [-0.15, -0.1) is 0 Å². The molecule has 4 nitrogen and oxygen atoms in total. The highest BCUT2D eigenvalue weighted by atomic mass is 16.5. The van der Waals surface area contributed by atoms with Crippen molar-refractivity contribution in [2.24, 2.45) is 11.8 Å². The normalized spacial score (nSPS) is 28.2. The minimum absolute atomic E-state index is 0.452. The van der Waals surface area contributed by atoms with Crippen LogP contribution in [0.4, 0.5) is 0 Å². The fourth-order valence-electron chi connectivity index (χ4n) is 3.05. The monoisotopic (exact) mass is 264 g/mol. The molecule has 0 radical (unpaired) electrons. The van der Waals surface area contributed by atoms with Gasteiger partial charge in [-0.3, -0.25) is 4.98 Å². The molecule has 1 N–H and O–H groups in total. The predicted molar refractivity (Wildman–Crippen MR) is 73.9 cm³/mol. The van der Waals surface area contributed by atoms with E-state index in [-0.39, 0.29) is 0 Å². The van der Waals surface area contributed by atoms with Crippen LogP contribution in [0, 0.1) is 11.8 Å². The van der Waals surface area contributed by atoms with Crippen LogP contribution in [0.5, 0.6) is 5.88 Å². The SMILES string of the molecule is COc1nccnc1C1(O)CCCC(C(C)C)CC1. The average Bonchev–Trinajstić information content (AvgIpc) is 2.62.